The van der Waals surface area contributed by atoms with Gasteiger partial charge in [-0.3, -0.25) is 4.79 Å². The highest BCUT2D eigenvalue weighted by Crippen LogP contribution is 2.27. The summed E-state index contributed by atoms with van der Waals surface area (Å²) < 4.78 is 5.27. The summed E-state index contributed by atoms with van der Waals surface area (Å²) in [6.07, 6.45) is 8.58. The van der Waals surface area contributed by atoms with Gasteiger partial charge in [0.1, 0.15) is 12.1 Å². The highest BCUT2D eigenvalue weighted by Gasteiger charge is 2.23. The minimum absolute atomic E-state index is 0.0308. The summed E-state index contributed by atoms with van der Waals surface area (Å²) in [5.74, 6) is 1.28. The molecule has 0 N–H and O–H groups in total. The fraction of sp³-hybridized carbons (Fsp3) is 0.429. The maximum absolute atomic E-state index is 12.7. The molecular formula is C21H24N6O2. The van der Waals surface area contributed by atoms with E-state index in [1.165, 1.54) is 6.20 Å². The van der Waals surface area contributed by atoms with Crippen molar-refractivity contribution in [2.24, 2.45) is 5.92 Å². The van der Waals surface area contributed by atoms with Crippen molar-refractivity contribution in [3.05, 3.63) is 53.6 Å². The van der Waals surface area contributed by atoms with Gasteiger partial charge in [0, 0.05) is 18.8 Å². The zero-order valence-electron chi connectivity index (χ0n) is 16.7. The molecule has 1 saturated heterocycles. The van der Waals surface area contributed by atoms with Gasteiger partial charge in [0.2, 0.25) is 0 Å². The van der Waals surface area contributed by atoms with Gasteiger partial charge in [-0.2, -0.15) is 10.2 Å². The van der Waals surface area contributed by atoms with E-state index in [4.69, 9.17) is 4.52 Å². The molecular weight excluding hydrogens is 368 g/mol. The largest absolute Gasteiger partial charge is 0.361 e. The third kappa shape index (κ3) is 4.31. The minimum Gasteiger partial charge on any atom is -0.361 e. The molecule has 1 amide bonds. The Balaban J connectivity index is 1.42. The number of hydrogen-bond acceptors (Lipinski definition) is 7. The van der Waals surface area contributed by atoms with Crippen LogP contribution in [0.1, 0.15) is 46.8 Å². The van der Waals surface area contributed by atoms with Crippen LogP contribution in [0.15, 0.2) is 35.4 Å². The van der Waals surface area contributed by atoms with E-state index in [0.29, 0.717) is 11.5 Å². The first-order chi connectivity index (χ1) is 14.1. The van der Waals surface area contributed by atoms with Gasteiger partial charge in [-0.1, -0.05) is 5.16 Å². The van der Waals surface area contributed by atoms with Gasteiger partial charge in [-0.05, 0) is 57.6 Å². The second-order valence-electron chi connectivity index (χ2n) is 7.52. The van der Waals surface area contributed by atoms with Crippen LogP contribution in [0.5, 0.6) is 0 Å². The number of amides is 1. The smallest absolute Gasteiger partial charge is 0.255 e. The van der Waals surface area contributed by atoms with Crippen LogP contribution in [0.4, 0.5) is 0 Å². The van der Waals surface area contributed by atoms with Crippen LogP contribution in [-0.2, 0) is 6.42 Å². The molecule has 3 aromatic heterocycles. The Morgan fingerprint density at radius 2 is 2.10 bits per heavy atom. The predicted octanol–water partition coefficient (Wildman–Crippen LogP) is 3.02. The normalized spacial score (nSPS) is 17.2. The molecule has 0 aliphatic carbocycles. The average Bonchev–Trinajstić information content (AvgIpc) is 2.93. The molecule has 0 unspecified atom stereocenters. The second-order valence-corrected chi connectivity index (χ2v) is 7.52. The molecule has 0 bridgehead atoms. The van der Waals surface area contributed by atoms with Crippen molar-refractivity contribution in [1.29, 1.82) is 0 Å². The number of rotatable bonds is 4. The molecule has 0 aromatic carbocycles. The molecule has 8 nitrogen and oxygen atoms in total. The van der Waals surface area contributed by atoms with Gasteiger partial charge in [-0.25, -0.2) is 9.97 Å². The molecule has 4 rings (SSSR count). The second kappa shape index (κ2) is 8.46. The number of carbonyl (C=O) groups excluding carboxylic acids is 1. The molecule has 0 saturated carbocycles. The lowest BCUT2D eigenvalue weighted by atomic mass is 9.94. The van der Waals surface area contributed by atoms with E-state index in [2.05, 4.69) is 25.3 Å². The third-order valence-electron chi connectivity index (χ3n) is 5.48. The van der Waals surface area contributed by atoms with Crippen molar-refractivity contribution in [3.63, 3.8) is 0 Å². The van der Waals surface area contributed by atoms with Crippen LogP contribution in [0.3, 0.4) is 0 Å². The quantitative estimate of drug-likeness (QED) is 0.673. The lowest BCUT2D eigenvalue weighted by molar-refractivity contribution is 0.0759. The van der Waals surface area contributed by atoms with E-state index < -0.39 is 0 Å². The standard InChI is InChI=1S/C21H24N6O2/c1-14-20(15(2)29-26-14)19-11-18(22-13-23-19)10-16-4-3-8-27(9-6-16)21(28)17-5-7-24-25-12-17/h5,7,11-13,16H,3-4,6,8-10H2,1-2H3/t16-/m0/s1. The maximum atomic E-state index is 12.7. The van der Waals surface area contributed by atoms with E-state index in [9.17, 15) is 4.79 Å². The summed E-state index contributed by atoms with van der Waals surface area (Å²) in [7, 11) is 0. The van der Waals surface area contributed by atoms with Gasteiger partial charge >= 0.3 is 0 Å². The Labute approximate surface area is 169 Å². The van der Waals surface area contributed by atoms with Crippen LogP contribution in [0.2, 0.25) is 0 Å². The van der Waals surface area contributed by atoms with Gasteiger partial charge in [-0.15, -0.1) is 0 Å². The van der Waals surface area contributed by atoms with Crippen molar-refractivity contribution in [2.75, 3.05) is 13.1 Å². The number of aromatic nitrogens is 5. The Morgan fingerprint density at radius 3 is 2.86 bits per heavy atom. The van der Waals surface area contributed by atoms with E-state index >= 15 is 0 Å². The first-order valence-corrected chi connectivity index (χ1v) is 9.92. The van der Waals surface area contributed by atoms with Crippen LogP contribution in [0, 0.1) is 19.8 Å². The van der Waals surface area contributed by atoms with Gasteiger partial charge in [0.15, 0.2) is 0 Å². The molecule has 150 valence electrons. The molecule has 1 atom stereocenters. The first-order valence-electron chi connectivity index (χ1n) is 9.92. The lowest BCUT2D eigenvalue weighted by Gasteiger charge is -2.20. The van der Waals surface area contributed by atoms with E-state index in [0.717, 1.165) is 67.2 Å². The molecule has 1 aliphatic rings. The topological polar surface area (TPSA) is 97.9 Å². The van der Waals surface area contributed by atoms with E-state index in [1.54, 1.807) is 18.6 Å². The molecule has 0 spiro atoms. The monoisotopic (exact) mass is 392 g/mol. The van der Waals surface area contributed by atoms with E-state index in [-0.39, 0.29) is 5.91 Å². The van der Waals surface area contributed by atoms with Gasteiger partial charge in [0.05, 0.1) is 34.9 Å². The highest BCUT2D eigenvalue weighted by atomic mass is 16.5. The van der Waals surface area contributed by atoms with Crippen LogP contribution >= 0.6 is 0 Å². The Kier molecular flexibility index (Phi) is 5.59. The fourth-order valence-electron chi connectivity index (χ4n) is 3.96. The molecule has 3 aromatic rings. The Bertz CT molecular complexity index is 968. The summed E-state index contributed by atoms with van der Waals surface area (Å²) in [6.45, 7) is 5.33. The SMILES string of the molecule is Cc1noc(C)c1-c1cc(C[C@H]2CCCN(C(=O)c3ccnnc3)CC2)ncn1. The molecule has 8 heteroatoms. The lowest BCUT2D eigenvalue weighted by Crippen LogP contribution is -2.32. The zero-order chi connectivity index (χ0) is 20.2. The average molecular weight is 392 g/mol. The van der Waals surface area contributed by atoms with Crippen molar-refractivity contribution in [1.82, 2.24) is 30.2 Å². The van der Waals surface area contributed by atoms with Crippen LogP contribution < -0.4 is 0 Å². The number of aryl methyl sites for hydroxylation is 2. The molecule has 0 radical (unpaired) electrons. The van der Waals surface area contributed by atoms with Crippen molar-refractivity contribution in [2.45, 2.75) is 39.5 Å². The highest BCUT2D eigenvalue weighted by molar-refractivity contribution is 5.93. The third-order valence-corrected chi connectivity index (χ3v) is 5.48. The first kappa shape index (κ1) is 19.2. The van der Waals surface area contributed by atoms with Crippen molar-refractivity contribution in [3.8, 4) is 11.3 Å². The van der Waals surface area contributed by atoms with Gasteiger partial charge < -0.3 is 9.42 Å². The number of nitrogens with zero attached hydrogens (tertiary/aromatic N) is 6. The summed E-state index contributed by atoms with van der Waals surface area (Å²) >= 11 is 0. The molecule has 1 fully saturated rings. The Hall–Kier alpha value is -3.16. The Morgan fingerprint density at radius 1 is 1.21 bits per heavy atom. The summed E-state index contributed by atoms with van der Waals surface area (Å²) in [6, 6.07) is 3.75. The van der Waals surface area contributed by atoms with Crippen LogP contribution in [0.25, 0.3) is 11.3 Å². The summed E-state index contributed by atoms with van der Waals surface area (Å²) in [5, 5.41) is 11.6. The predicted molar refractivity (Wildman–Crippen MR) is 106 cm³/mol. The molecule has 29 heavy (non-hydrogen) atoms. The fourth-order valence-corrected chi connectivity index (χ4v) is 3.96. The van der Waals surface area contributed by atoms with Gasteiger partial charge in [0.25, 0.3) is 5.91 Å². The van der Waals surface area contributed by atoms with Crippen molar-refractivity contribution < 1.29 is 9.32 Å². The van der Waals surface area contributed by atoms with Crippen LogP contribution in [-0.4, -0.2) is 49.2 Å². The van der Waals surface area contributed by atoms with Crippen molar-refractivity contribution >= 4 is 5.91 Å². The summed E-state index contributed by atoms with van der Waals surface area (Å²) in [5.41, 5.74) is 4.23. The number of carbonyl (C=O) groups is 1. The summed E-state index contributed by atoms with van der Waals surface area (Å²) in [4.78, 5) is 23.5. The van der Waals surface area contributed by atoms with E-state index in [1.807, 2.05) is 24.8 Å². The number of likely N-dealkylation sites (tertiary alicyclic amines) is 1. The minimum atomic E-state index is 0.0308. The number of hydrogen-bond donors (Lipinski definition) is 0. The molecule has 4 heterocycles. The zero-order valence-corrected chi connectivity index (χ0v) is 16.7. The maximum Gasteiger partial charge on any atom is 0.255 e. The molecule has 1 aliphatic heterocycles.